The van der Waals surface area contributed by atoms with Crippen molar-refractivity contribution < 1.29 is 49.1 Å². The van der Waals surface area contributed by atoms with Gasteiger partial charge in [-0.3, -0.25) is 14.5 Å². The molecule has 2 saturated heterocycles. The Kier molecular flexibility index (Phi) is 16.5. The van der Waals surface area contributed by atoms with E-state index in [4.69, 9.17) is 0 Å². The van der Waals surface area contributed by atoms with Gasteiger partial charge < -0.3 is 44.4 Å². The summed E-state index contributed by atoms with van der Waals surface area (Å²) in [6.07, 6.45) is 0.920. The zero-order valence-electron chi connectivity index (χ0n) is 43.5. The molecule has 4 aromatic carbocycles. The normalized spacial score (nSPS) is 14.7. The average molecular weight is 1120 g/mol. The molecule has 0 unspecified atom stereocenters. The summed E-state index contributed by atoms with van der Waals surface area (Å²) in [5, 5.41) is 5.58. The highest BCUT2D eigenvalue weighted by molar-refractivity contribution is 6.04. The summed E-state index contributed by atoms with van der Waals surface area (Å²) in [6, 6.07) is 25.5. The van der Waals surface area contributed by atoms with Crippen molar-refractivity contribution in [2.75, 3.05) is 86.4 Å². The number of anilines is 4. The van der Waals surface area contributed by atoms with Crippen LogP contribution in [0.15, 0.2) is 122 Å². The number of aromatic amines is 2. The molecule has 0 aliphatic carbocycles. The van der Waals surface area contributed by atoms with E-state index in [1.54, 1.807) is 24.3 Å². The van der Waals surface area contributed by atoms with E-state index in [9.17, 15) is 49.1 Å². The molecule has 16 nitrogen and oxygen atoms in total. The lowest BCUT2D eigenvalue weighted by Gasteiger charge is -2.36. The van der Waals surface area contributed by atoms with Gasteiger partial charge in [0.05, 0.1) is 56.1 Å². The molecule has 0 saturated carbocycles. The van der Waals surface area contributed by atoms with Gasteiger partial charge in [0, 0.05) is 100 Å². The van der Waals surface area contributed by atoms with Crippen LogP contribution in [0.3, 0.4) is 0 Å². The third-order valence-corrected chi connectivity index (χ3v) is 13.2. The number of hydrogen-bond donors (Lipinski definition) is 4. The number of nitrogens with one attached hydrogen (secondary N) is 4. The second kappa shape index (κ2) is 23.5. The molecule has 4 N–H and O–H groups in total. The number of piperazine rings is 2. The van der Waals surface area contributed by atoms with Gasteiger partial charge in [0.25, 0.3) is 23.7 Å². The molecule has 6 heterocycles. The Morgan fingerprint density at radius 3 is 1.25 bits per heavy atom. The maximum atomic E-state index is 13.9. The van der Waals surface area contributed by atoms with Gasteiger partial charge >= 0.3 is 6.18 Å². The fourth-order valence-electron chi connectivity index (χ4n) is 9.24. The molecule has 8 aromatic rings. The van der Waals surface area contributed by atoms with Gasteiger partial charge in [-0.25, -0.2) is 46.3 Å². The fourth-order valence-corrected chi connectivity index (χ4v) is 9.24. The molecule has 10 rings (SSSR count). The molecule has 420 valence electrons. The number of halogens is 9. The lowest BCUT2D eigenvalue weighted by atomic mass is 10.1. The summed E-state index contributed by atoms with van der Waals surface area (Å²) in [7, 11) is 2.10. The van der Waals surface area contributed by atoms with Crippen molar-refractivity contribution >= 4 is 34.6 Å². The number of imidazole rings is 4. The van der Waals surface area contributed by atoms with Crippen LogP contribution in [0.5, 0.6) is 0 Å². The molecule has 4 aromatic heterocycles. The van der Waals surface area contributed by atoms with Gasteiger partial charge in [-0.05, 0) is 104 Å². The number of nitrogens with zero attached hydrogens (tertiary/aromatic N) is 10. The molecule has 0 atom stereocenters. The summed E-state index contributed by atoms with van der Waals surface area (Å²) >= 11 is 0. The number of carbonyl (C=O) groups excluding carboxylic acids is 2. The topological polar surface area (TPSA) is 164 Å². The molecule has 2 aliphatic rings. The second-order valence-electron chi connectivity index (χ2n) is 19.8. The third kappa shape index (κ3) is 14.4. The van der Waals surface area contributed by atoms with E-state index in [-0.39, 0.29) is 53.2 Å². The monoisotopic (exact) mass is 1110 g/mol. The minimum Gasteiger partial charge on any atom is -0.369 e. The summed E-state index contributed by atoms with van der Waals surface area (Å²) in [5.74, 6) is -7.60. The van der Waals surface area contributed by atoms with Gasteiger partial charge in [-0.1, -0.05) is 0 Å². The van der Waals surface area contributed by atoms with Gasteiger partial charge in [0.1, 0.15) is 34.4 Å². The average Bonchev–Trinajstić information content (AvgIpc) is 4.25. The zero-order chi connectivity index (χ0) is 56.9. The first kappa shape index (κ1) is 56.3. The maximum Gasteiger partial charge on any atom is 0.401 e. The molecule has 0 spiro atoms. The Balaban J connectivity index is 0.000000195. The maximum absolute atomic E-state index is 13.9. The number of alkyl halides is 7. The van der Waals surface area contributed by atoms with Crippen LogP contribution >= 0.6 is 0 Å². The fraction of sp³-hybridized carbons (Fsp3) is 0.309. The summed E-state index contributed by atoms with van der Waals surface area (Å²) < 4.78 is 123. The smallest absolute Gasteiger partial charge is 0.369 e. The standard InChI is InChI=1S/C28H27F6N7O.C27H28F3N7O/c1-27(30,31)15-41-17-36-23(18-2-4-19(29)5-3-18)24(41)25-35-14-22(38-25)26(42)37-20-6-8-21(9-7-20)40-12-10-39(11-13-40)16-28(32,33)34;1-27(29,30)16-37-17-32-23(18-3-5-19(28)6-4-18)24(37)25-31-15-22(34-25)26(38)33-20-7-9-21(10-8-20)36-13-11-35(2)12-14-36/h2-9,14,17H,10-13,15-16H2,1H3,(H,35,38)(H,37,42);3-10,15,17H,11-14,16H2,1-2H3,(H,31,34)(H,33,38). The van der Waals surface area contributed by atoms with Crippen molar-refractivity contribution in [2.45, 2.75) is 45.0 Å². The van der Waals surface area contributed by atoms with E-state index in [1.807, 2.05) is 29.2 Å². The predicted molar refractivity (Wildman–Crippen MR) is 285 cm³/mol. The van der Waals surface area contributed by atoms with Crippen LogP contribution in [0.2, 0.25) is 0 Å². The van der Waals surface area contributed by atoms with Crippen LogP contribution in [0.1, 0.15) is 34.8 Å². The van der Waals surface area contributed by atoms with E-state index < -0.39 is 61.1 Å². The second-order valence-corrected chi connectivity index (χ2v) is 19.8. The molecule has 0 bridgehead atoms. The van der Waals surface area contributed by atoms with Crippen LogP contribution in [0.4, 0.5) is 62.3 Å². The largest absolute Gasteiger partial charge is 0.401 e. The Labute approximate surface area is 453 Å². The summed E-state index contributed by atoms with van der Waals surface area (Å²) in [5.41, 5.74) is 5.34. The molecule has 25 heteroatoms. The minimum absolute atomic E-state index is 0.0657. The number of benzene rings is 4. The minimum atomic E-state index is -4.23. The lowest BCUT2D eigenvalue weighted by Crippen LogP contribution is -2.49. The van der Waals surface area contributed by atoms with E-state index in [1.165, 1.54) is 87.6 Å². The Hall–Kier alpha value is -8.45. The molecule has 2 amide bonds. The van der Waals surface area contributed by atoms with Gasteiger partial charge in [0.2, 0.25) is 0 Å². The Bertz CT molecular complexity index is 3370. The van der Waals surface area contributed by atoms with Crippen LogP contribution in [0.25, 0.3) is 45.6 Å². The van der Waals surface area contributed by atoms with Gasteiger partial charge in [-0.15, -0.1) is 0 Å². The number of likely N-dealkylation sites (N-methyl/N-ethyl adjacent to an activating group) is 1. The molecular formula is C55H55F9N14O2. The van der Waals surface area contributed by atoms with E-state index in [0.29, 0.717) is 41.3 Å². The number of amides is 2. The lowest BCUT2D eigenvalue weighted by molar-refractivity contribution is -0.146. The molecular weight excluding hydrogens is 1060 g/mol. The number of rotatable bonds is 15. The van der Waals surface area contributed by atoms with Crippen LogP contribution in [-0.4, -0.2) is 145 Å². The Morgan fingerprint density at radius 2 is 0.887 bits per heavy atom. The van der Waals surface area contributed by atoms with E-state index >= 15 is 0 Å². The zero-order valence-corrected chi connectivity index (χ0v) is 43.5. The molecule has 2 fully saturated rings. The molecule has 80 heavy (non-hydrogen) atoms. The number of hydrogen-bond acceptors (Lipinski definition) is 10. The highest BCUT2D eigenvalue weighted by Crippen LogP contribution is 2.34. The number of carbonyl (C=O) groups is 2. The van der Waals surface area contributed by atoms with Crippen molar-refractivity contribution in [3.8, 4) is 45.6 Å². The van der Waals surface area contributed by atoms with Crippen molar-refractivity contribution in [1.29, 1.82) is 0 Å². The van der Waals surface area contributed by atoms with Crippen molar-refractivity contribution in [3.63, 3.8) is 0 Å². The highest BCUT2D eigenvalue weighted by atomic mass is 19.4. The van der Waals surface area contributed by atoms with E-state index in [0.717, 1.165) is 51.4 Å². The van der Waals surface area contributed by atoms with Crippen LogP contribution in [-0.2, 0) is 13.1 Å². The van der Waals surface area contributed by atoms with Gasteiger partial charge in [0.15, 0.2) is 11.6 Å². The summed E-state index contributed by atoms with van der Waals surface area (Å²) in [4.78, 5) is 56.7. The first-order valence-corrected chi connectivity index (χ1v) is 25.3. The third-order valence-electron chi connectivity index (χ3n) is 13.2. The van der Waals surface area contributed by atoms with Crippen LogP contribution in [0, 0.1) is 11.6 Å². The van der Waals surface area contributed by atoms with E-state index in [2.05, 4.69) is 57.4 Å². The van der Waals surface area contributed by atoms with Crippen molar-refractivity contribution in [1.82, 2.24) is 48.8 Å². The summed E-state index contributed by atoms with van der Waals surface area (Å²) in [6.45, 7) is 4.67. The van der Waals surface area contributed by atoms with Crippen LogP contribution < -0.4 is 20.4 Å². The first-order chi connectivity index (χ1) is 38.0. The highest BCUT2D eigenvalue weighted by Gasteiger charge is 2.33. The predicted octanol–water partition coefficient (Wildman–Crippen LogP) is 10.4. The van der Waals surface area contributed by atoms with Gasteiger partial charge in [-0.2, -0.15) is 13.2 Å². The first-order valence-electron chi connectivity index (χ1n) is 25.3. The Morgan fingerprint density at radius 1 is 0.512 bits per heavy atom. The molecule has 2 aliphatic heterocycles. The molecule has 0 radical (unpaired) electrons. The SMILES string of the molecule is CC(F)(F)Cn1cnc(-c2ccc(F)cc2)c1-c1ncc(C(=O)Nc2ccc(N3CCN(CC(F)(F)F)CC3)cc2)[nH]1.CN1CCN(c2ccc(NC(=O)c3cnc(-c4c(-c5ccc(F)cc5)ncn4CC(C)(F)F)[nH]3)cc2)CC1. The number of aromatic nitrogens is 8. The van der Waals surface area contributed by atoms with Crippen molar-refractivity contribution in [2.24, 2.45) is 0 Å². The van der Waals surface area contributed by atoms with Crippen molar-refractivity contribution in [3.05, 3.63) is 145 Å². The quantitative estimate of drug-likeness (QED) is 0.0727. The number of H-pyrrole nitrogens is 2.